The SMILES string of the molecule is Cn1cnc(Cl)c1Cl. The molecule has 0 unspecified atom stereocenters. The second kappa shape index (κ2) is 1.96. The minimum atomic E-state index is 0.356. The van der Waals surface area contributed by atoms with Gasteiger partial charge < -0.3 is 4.57 Å². The van der Waals surface area contributed by atoms with Gasteiger partial charge in [-0.3, -0.25) is 0 Å². The van der Waals surface area contributed by atoms with Crippen LogP contribution in [-0.4, -0.2) is 9.55 Å². The maximum absolute atomic E-state index is 5.56. The van der Waals surface area contributed by atoms with Gasteiger partial charge >= 0.3 is 0 Å². The van der Waals surface area contributed by atoms with Crippen LogP contribution in [-0.2, 0) is 7.05 Å². The number of hydrogen-bond donors (Lipinski definition) is 0. The summed E-state index contributed by atoms with van der Waals surface area (Å²) in [6, 6.07) is 0. The van der Waals surface area contributed by atoms with Crippen LogP contribution >= 0.6 is 23.2 Å². The van der Waals surface area contributed by atoms with Gasteiger partial charge in [-0.15, -0.1) is 0 Å². The molecule has 1 heterocycles. The van der Waals surface area contributed by atoms with Gasteiger partial charge in [0.2, 0.25) is 0 Å². The first-order valence-electron chi connectivity index (χ1n) is 2.04. The fourth-order valence-corrected chi connectivity index (χ4v) is 0.656. The molecule has 0 N–H and O–H groups in total. The summed E-state index contributed by atoms with van der Waals surface area (Å²) in [5.74, 6) is 0. The third kappa shape index (κ3) is 0.812. The first kappa shape index (κ1) is 5.92. The van der Waals surface area contributed by atoms with Gasteiger partial charge in [-0.1, -0.05) is 23.2 Å². The van der Waals surface area contributed by atoms with Crippen LogP contribution in [0.3, 0.4) is 0 Å². The summed E-state index contributed by atoms with van der Waals surface area (Å²) in [5, 5.41) is 0.834. The van der Waals surface area contributed by atoms with E-state index in [-0.39, 0.29) is 0 Å². The van der Waals surface area contributed by atoms with Crippen LogP contribution in [0.4, 0.5) is 0 Å². The molecular formula is C4H4Cl2N2. The highest BCUT2D eigenvalue weighted by Crippen LogP contribution is 2.17. The third-order valence-corrected chi connectivity index (χ3v) is 1.64. The highest BCUT2D eigenvalue weighted by Gasteiger charge is 1.99. The summed E-state index contributed by atoms with van der Waals surface area (Å²) in [7, 11) is 1.78. The van der Waals surface area contributed by atoms with Crippen molar-refractivity contribution >= 4 is 23.2 Å². The predicted molar refractivity (Wildman–Crippen MR) is 33.2 cm³/mol. The average molecular weight is 151 g/mol. The van der Waals surface area contributed by atoms with E-state index >= 15 is 0 Å². The number of aryl methyl sites for hydroxylation is 1. The zero-order valence-electron chi connectivity index (χ0n) is 4.23. The largest absolute Gasteiger partial charge is 0.324 e. The molecular weight excluding hydrogens is 147 g/mol. The lowest BCUT2D eigenvalue weighted by Gasteiger charge is -1.86. The molecule has 0 fully saturated rings. The Morgan fingerprint density at radius 1 is 1.62 bits per heavy atom. The Morgan fingerprint density at radius 2 is 2.25 bits per heavy atom. The minimum Gasteiger partial charge on any atom is -0.324 e. The highest BCUT2D eigenvalue weighted by atomic mass is 35.5. The van der Waals surface area contributed by atoms with Gasteiger partial charge in [-0.2, -0.15) is 0 Å². The maximum Gasteiger partial charge on any atom is 0.166 e. The van der Waals surface area contributed by atoms with E-state index in [9.17, 15) is 0 Å². The van der Waals surface area contributed by atoms with Crippen LogP contribution in [0.15, 0.2) is 6.33 Å². The van der Waals surface area contributed by atoms with Crippen molar-refractivity contribution in [3.05, 3.63) is 16.6 Å². The minimum absolute atomic E-state index is 0.356. The Bertz CT molecular complexity index is 174. The molecule has 0 saturated heterocycles. The van der Waals surface area contributed by atoms with Crippen LogP contribution < -0.4 is 0 Å². The van der Waals surface area contributed by atoms with E-state index < -0.39 is 0 Å². The lowest BCUT2D eigenvalue weighted by atomic mass is 10.9. The van der Waals surface area contributed by atoms with Crippen LogP contribution in [0.25, 0.3) is 0 Å². The molecule has 0 atom stereocenters. The van der Waals surface area contributed by atoms with E-state index in [0.29, 0.717) is 10.3 Å². The van der Waals surface area contributed by atoms with E-state index in [1.807, 2.05) is 0 Å². The molecule has 0 aromatic carbocycles. The molecule has 0 aliphatic heterocycles. The van der Waals surface area contributed by atoms with Gasteiger partial charge in [0.05, 0.1) is 6.33 Å². The first-order valence-corrected chi connectivity index (χ1v) is 2.79. The Hall–Kier alpha value is -0.210. The lowest BCUT2D eigenvalue weighted by molar-refractivity contribution is 0.914. The summed E-state index contributed by atoms with van der Waals surface area (Å²) < 4.78 is 1.64. The molecule has 0 aliphatic carbocycles. The number of aromatic nitrogens is 2. The molecule has 1 rings (SSSR count). The molecule has 44 valence electrons. The number of imidazole rings is 1. The molecule has 0 aliphatic rings. The number of nitrogens with zero attached hydrogens (tertiary/aromatic N) is 2. The fraction of sp³-hybridized carbons (Fsp3) is 0.250. The van der Waals surface area contributed by atoms with Crippen molar-refractivity contribution in [1.82, 2.24) is 9.55 Å². The van der Waals surface area contributed by atoms with E-state index in [1.165, 1.54) is 0 Å². The Labute approximate surface area is 57.0 Å². The van der Waals surface area contributed by atoms with Crippen molar-refractivity contribution in [3.63, 3.8) is 0 Å². The number of rotatable bonds is 0. The zero-order valence-corrected chi connectivity index (χ0v) is 5.74. The summed E-state index contributed by atoms with van der Waals surface area (Å²) in [6.07, 6.45) is 1.56. The van der Waals surface area contributed by atoms with Crippen LogP contribution in [0.2, 0.25) is 10.3 Å². The molecule has 0 radical (unpaired) electrons. The fourth-order valence-electron chi connectivity index (χ4n) is 0.387. The van der Waals surface area contributed by atoms with E-state index in [4.69, 9.17) is 23.2 Å². The van der Waals surface area contributed by atoms with Gasteiger partial charge in [-0.05, 0) is 0 Å². The number of hydrogen-bond acceptors (Lipinski definition) is 1. The molecule has 2 nitrogen and oxygen atoms in total. The van der Waals surface area contributed by atoms with Crippen molar-refractivity contribution < 1.29 is 0 Å². The number of halogens is 2. The van der Waals surface area contributed by atoms with Crippen LogP contribution in [0.1, 0.15) is 0 Å². The van der Waals surface area contributed by atoms with E-state index in [0.717, 1.165) is 0 Å². The van der Waals surface area contributed by atoms with Gasteiger partial charge in [-0.25, -0.2) is 4.98 Å². The molecule has 1 aromatic rings. The van der Waals surface area contributed by atoms with Crippen molar-refractivity contribution in [2.24, 2.45) is 7.05 Å². The van der Waals surface area contributed by atoms with Crippen molar-refractivity contribution in [1.29, 1.82) is 0 Å². The maximum atomic E-state index is 5.56. The summed E-state index contributed by atoms with van der Waals surface area (Å²) in [5.41, 5.74) is 0. The molecule has 8 heavy (non-hydrogen) atoms. The van der Waals surface area contributed by atoms with E-state index in [1.54, 1.807) is 17.9 Å². The molecule has 1 aromatic heterocycles. The van der Waals surface area contributed by atoms with Crippen molar-refractivity contribution in [2.75, 3.05) is 0 Å². The Balaban J connectivity index is 3.19. The van der Waals surface area contributed by atoms with Gasteiger partial charge in [0.15, 0.2) is 5.15 Å². The summed E-state index contributed by atoms with van der Waals surface area (Å²) in [6.45, 7) is 0. The molecule has 0 bridgehead atoms. The second-order valence-electron chi connectivity index (χ2n) is 1.44. The Kier molecular flexibility index (Phi) is 1.45. The predicted octanol–water partition coefficient (Wildman–Crippen LogP) is 1.73. The molecule has 0 saturated carbocycles. The molecule has 4 heteroatoms. The standard InChI is InChI=1S/C4H4Cl2N2/c1-8-2-7-3(5)4(8)6/h2H,1H3. The van der Waals surface area contributed by atoms with Gasteiger partial charge in [0.25, 0.3) is 0 Å². The second-order valence-corrected chi connectivity index (χ2v) is 2.15. The molecule has 0 spiro atoms. The zero-order chi connectivity index (χ0) is 6.15. The topological polar surface area (TPSA) is 17.8 Å². The van der Waals surface area contributed by atoms with Crippen molar-refractivity contribution in [2.45, 2.75) is 0 Å². The highest BCUT2D eigenvalue weighted by molar-refractivity contribution is 6.40. The summed E-state index contributed by atoms with van der Waals surface area (Å²) in [4.78, 5) is 3.71. The lowest BCUT2D eigenvalue weighted by Crippen LogP contribution is -1.81. The average Bonchev–Trinajstić information content (AvgIpc) is 1.98. The molecule has 0 amide bonds. The van der Waals surface area contributed by atoms with Gasteiger partial charge in [0, 0.05) is 7.05 Å². The quantitative estimate of drug-likeness (QED) is 0.551. The third-order valence-electron chi connectivity index (χ3n) is 0.824. The normalized spacial score (nSPS) is 9.88. The van der Waals surface area contributed by atoms with Crippen LogP contribution in [0, 0.1) is 0 Å². The van der Waals surface area contributed by atoms with E-state index in [2.05, 4.69) is 4.98 Å². The Morgan fingerprint density at radius 3 is 2.38 bits per heavy atom. The smallest absolute Gasteiger partial charge is 0.166 e. The van der Waals surface area contributed by atoms with Crippen molar-refractivity contribution in [3.8, 4) is 0 Å². The van der Waals surface area contributed by atoms with Crippen LogP contribution in [0.5, 0.6) is 0 Å². The monoisotopic (exact) mass is 150 g/mol. The first-order chi connectivity index (χ1) is 3.72. The summed E-state index contributed by atoms with van der Waals surface area (Å²) >= 11 is 11.0. The van der Waals surface area contributed by atoms with Gasteiger partial charge in [0.1, 0.15) is 5.15 Å².